The third kappa shape index (κ3) is 6.44. The Morgan fingerprint density at radius 2 is 1.76 bits per heavy atom. The summed E-state index contributed by atoms with van der Waals surface area (Å²) in [6, 6.07) is 0.742. The predicted molar refractivity (Wildman–Crippen MR) is 83.8 cm³/mol. The van der Waals surface area contributed by atoms with Crippen molar-refractivity contribution in [2.24, 2.45) is 5.73 Å². The van der Waals surface area contributed by atoms with Crippen molar-refractivity contribution in [2.75, 3.05) is 33.7 Å². The summed E-state index contributed by atoms with van der Waals surface area (Å²) >= 11 is 0. The Kier molecular flexibility index (Phi) is 7.67. The fourth-order valence-electron chi connectivity index (χ4n) is 2.63. The topological polar surface area (TPSA) is 78.7 Å². The number of hydrogen-bond acceptors (Lipinski definition) is 4. The van der Waals surface area contributed by atoms with Crippen LogP contribution in [-0.4, -0.2) is 67.4 Å². The first-order valence-corrected chi connectivity index (χ1v) is 7.90. The lowest BCUT2D eigenvalue weighted by Crippen LogP contribution is -2.46. The van der Waals surface area contributed by atoms with E-state index in [0.29, 0.717) is 25.2 Å². The van der Waals surface area contributed by atoms with Crippen molar-refractivity contribution in [1.29, 1.82) is 0 Å². The molecule has 1 rings (SSSR count). The predicted octanol–water partition coefficient (Wildman–Crippen LogP) is 0.173. The van der Waals surface area contributed by atoms with E-state index in [1.54, 1.807) is 7.05 Å². The number of nitrogens with one attached hydrogen (secondary N) is 1. The molecule has 0 atom stereocenters. The number of hydrogen-bond donors (Lipinski definition) is 2. The quantitative estimate of drug-likeness (QED) is 0.702. The molecule has 0 aromatic heterocycles. The number of nitrogens with two attached hydrogens (primary N) is 1. The van der Waals surface area contributed by atoms with Crippen molar-refractivity contribution >= 4 is 11.8 Å². The summed E-state index contributed by atoms with van der Waals surface area (Å²) in [5, 5.41) is 2.78. The van der Waals surface area contributed by atoms with E-state index in [1.165, 1.54) is 4.90 Å². The van der Waals surface area contributed by atoms with E-state index >= 15 is 0 Å². The molecule has 21 heavy (non-hydrogen) atoms. The van der Waals surface area contributed by atoms with Gasteiger partial charge in [-0.05, 0) is 39.2 Å². The highest BCUT2D eigenvalue weighted by Crippen LogP contribution is 2.20. The molecule has 3 N–H and O–H groups in total. The second kappa shape index (κ2) is 9.00. The minimum atomic E-state index is -0.0982. The number of carbonyl (C=O) groups excluding carboxylic acids is 2. The molecule has 2 amide bonds. The summed E-state index contributed by atoms with van der Waals surface area (Å²) in [7, 11) is 3.66. The Labute approximate surface area is 128 Å². The van der Waals surface area contributed by atoms with Crippen LogP contribution in [0.4, 0.5) is 0 Å². The lowest BCUT2D eigenvalue weighted by Gasteiger charge is -2.33. The van der Waals surface area contributed by atoms with Crippen LogP contribution in [0.1, 0.15) is 39.0 Å². The number of amides is 2. The van der Waals surface area contributed by atoms with E-state index in [1.807, 2.05) is 14.0 Å². The van der Waals surface area contributed by atoms with Gasteiger partial charge in [0, 0.05) is 25.7 Å². The second-order valence-electron chi connectivity index (χ2n) is 6.08. The molecule has 0 radical (unpaired) electrons. The van der Waals surface area contributed by atoms with Crippen LogP contribution in [-0.2, 0) is 9.59 Å². The summed E-state index contributed by atoms with van der Waals surface area (Å²) in [5.74, 6) is -0.113. The monoisotopic (exact) mass is 298 g/mol. The zero-order valence-electron chi connectivity index (χ0n) is 13.6. The van der Waals surface area contributed by atoms with Crippen LogP contribution in [0.25, 0.3) is 0 Å². The third-order valence-electron chi connectivity index (χ3n) is 4.13. The Morgan fingerprint density at radius 3 is 2.33 bits per heavy atom. The maximum absolute atomic E-state index is 12.1. The van der Waals surface area contributed by atoms with Gasteiger partial charge in [-0.2, -0.15) is 0 Å². The van der Waals surface area contributed by atoms with Gasteiger partial charge in [0.05, 0.1) is 13.1 Å². The molecule has 122 valence electrons. The lowest BCUT2D eigenvalue weighted by atomic mass is 9.91. The average Bonchev–Trinajstić information content (AvgIpc) is 2.45. The number of rotatable bonds is 7. The van der Waals surface area contributed by atoms with Gasteiger partial charge in [-0.25, -0.2) is 0 Å². The van der Waals surface area contributed by atoms with Crippen LogP contribution in [0.3, 0.4) is 0 Å². The summed E-state index contributed by atoms with van der Waals surface area (Å²) < 4.78 is 0. The highest BCUT2D eigenvalue weighted by Gasteiger charge is 2.24. The van der Waals surface area contributed by atoms with Crippen molar-refractivity contribution in [3.05, 3.63) is 0 Å². The minimum absolute atomic E-state index is 0.0148. The molecule has 6 heteroatoms. The van der Waals surface area contributed by atoms with Crippen molar-refractivity contribution in [2.45, 2.75) is 51.1 Å². The van der Waals surface area contributed by atoms with Crippen LogP contribution in [0.5, 0.6) is 0 Å². The molecular weight excluding hydrogens is 268 g/mol. The normalized spacial score (nSPS) is 22.1. The van der Waals surface area contributed by atoms with E-state index in [-0.39, 0.29) is 18.4 Å². The fourth-order valence-corrected chi connectivity index (χ4v) is 2.63. The van der Waals surface area contributed by atoms with Crippen LogP contribution < -0.4 is 11.1 Å². The molecule has 1 saturated carbocycles. The molecule has 0 spiro atoms. The first kappa shape index (κ1) is 17.9. The van der Waals surface area contributed by atoms with Crippen LogP contribution in [0, 0.1) is 0 Å². The zero-order chi connectivity index (χ0) is 15.8. The average molecular weight is 298 g/mol. The third-order valence-corrected chi connectivity index (χ3v) is 4.13. The van der Waals surface area contributed by atoms with Gasteiger partial charge >= 0.3 is 0 Å². The molecule has 0 aliphatic heterocycles. The highest BCUT2D eigenvalue weighted by atomic mass is 16.2. The van der Waals surface area contributed by atoms with E-state index in [9.17, 15) is 9.59 Å². The van der Waals surface area contributed by atoms with E-state index in [4.69, 9.17) is 5.73 Å². The SMILES string of the molecule is CCCNC(=O)CN(C)C(=O)CN(C)C1CCC(N)CC1. The largest absolute Gasteiger partial charge is 0.355 e. The molecule has 0 saturated heterocycles. The number of likely N-dealkylation sites (N-methyl/N-ethyl adjacent to an activating group) is 2. The maximum Gasteiger partial charge on any atom is 0.239 e. The van der Waals surface area contributed by atoms with Gasteiger partial charge in [-0.15, -0.1) is 0 Å². The van der Waals surface area contributed by atoms with E-state index in [0.717, 1.165) is 32.1 Å². The van der Waals surface area contributed by atoms with Gasteiger partial charge in [0.2, 0.25) is 11.8 Å². The molecule has 0 unspecified atom stereocenters. The van der Waals surface area contributed by atoms with E-state index < -0.39 is 0 Å². The lowest BCUT2D eigenvalue weighted by molar-refractivity contribution is -0.135. The van der Waals surface area contributed by atoms with Crippen molar-refractivity contribution in [3.8, 4) is 0 Å². The van der Waals surface area contributed by atoms with Gasteiger partial charge in [0.1, 0.15) is 0 Å². The van der Waals surface area contributed by atoms with Gasteiger partial charge < -0.3 is 16.0 Å². The maximum atomic E-state index is 12.1. The standard InChI is InChI=1S/C15H30N4O2/c1-4-9-17-14(20)10-19(3)15(21)11-18(2)13-7-5-12(16)6-8-13/h12-13H,4-11,16H2,1-3H3,(H,17,20). The molecule has 0 bridgehead atoms. The molecule has 0 aromatic carbocycles. The highest BCUT2D eigenvalue weighted by molar-refractivity contribution is 5.85. The van der Waals surface area contributed by atoms with Crippen LogP contribution >= 0.6 is 0 Å². The van der Waals surface area contributed by atoms with Crippen LogP contribution in [0.2, 0.25) is 0 Å². The molecular formula is C15H30N4O2. The molecule has 0 aromatic rings. The smallest absolute Gasteiger partial charge is 0.239 e. The Hall–Kier alpha value is -1.14. The molecule has 1 fully saturated rings. The molecule has 1 aliphatic rings. The Balaban J connectivity index is 2.32. The summed E-state index contributed by atoms with van der Waals surface area (Å²) in [5.41, 5.74) is 5.90. The molecule has 1 aliphatic carbocycles. The Bertz CT molecular complexity index is 341. The molecule has 6 nitrogen and oxygen atoms in total. The van der Waals surface area contributed by atoms with Gasteiger partial charge in [0.25, 0.3) is 0 Å². The summed E-state index contributed by atoms with van der Waals surface area (Å²) in [4.78, 5) is 27.3. The van der Waals surface area contributed by atoms with Gasteiger partial charge in [-0.1, -0.05) is 6.92 Å². The second-order valence-corrected chi connectivity index (χ2v) is 6.08. The van der Waals surface area contributed by atoms with Gasteiger partial charge in [-0.3, -0.25) is 14.5 Å². The fraction of sp³-hybridized carbons (Fsp3) is 0.867. The van der Waals surface area contributed by atoms with Crippen molar-refractivity contribution in [1.82, 2.24) is 15.1 Å². The van der Waals surface area contributed by atoms with Gasteiger partial charge in [0.15, 0.2) is 0 Å². The first-order chi connectivity index (χ1) is 9.93. The number of carbonyl (C=O) groups is 2. The Morgan fingerprint density at radius 1 is 1.14 bits per heavy atom. The molecule has 0 heterocycles. The zero-order valence-corrected chi connectivity index (χ0v) is 13.6. The first-order valence-electron chi connectivity index (χ1n) is 7.90. The van der Waals surface area contributed by atoms with Crippen LogP contribution in [0.15, 0.2) is 0 Å². The van der Waals surface area contributed by atoms with E-state index in [2.05, 4.69) is 10.2 Å². The van der Waals surface area contributed by atoms with Crippen molar-refractivity contribution in [3.63, 3.8) is 0 Å². The minimum Gasteiger partial charge on any atom is -0.355 e. The van der Waals surface area contributed by atoms with Crippen molar-refractivity contribution < 1.29 is 9.59 Å². The summed E-state index contributed by atoms with van der Waals surface area (Å²) in [6.45, 7) is 3.14. The number of nitrogens with zero attached hydrogens (tertiary/aromatic N) is 2. The summed E-state index contributed by atoms with van der Waals surface area (Å²) in [6.07, 6.45) is 5.05.